The highest BCUT2D eigenvalue weighted by atomic mass is 16.5. The van der Waals surface area contributed by atoms with Gasteiger partial charge in [-0.15, -0.1) is 0 Å². The van der Waals surface area contributed by atoms with E-state index in [0.717, 1.165) is 38.5 Å². The van der Waals surface area contributed by atoms with Crippen LogP contribution in [0.3, 0.4) is 0 Å². The van der Waals surface area contributed by atoms with E-state index in [4.69, 9.17) is 10.6 Å². The fraction of sp³-hybridized carbons (Fsp3) is 0.889. The normalized spacial score (nSPS) is 22.5. The zero-order valence-electron chi connectivity index (χ0n) is 8.99. The number of nitrogens with zero attached hydrogens (tertiary/aromatic N) is 2. The third-order valence-electron chi connectivity index (χ3n) is 2.30. The topological polar surface area (TPSA) is 62.9 Å². The number of guanidine groups is 1. The van der Waals surface area contributed by atoms with Crippen molar-refractivity contribution in [2.24, 2.45) is 10.8 Å². The van der Waals surface area contributed by atoms with Crippen LogP contribution >= 0.6 is 0 Å². The quantitative estimate of drug-likeness (QED) is 0.290. The van der Waals surface area contributed by atoms with E-state index >= 15 is 0 Å². The molecule has 1 atom stereocenters. The van der Waals surface area contributed by atoms with E-state index in [2.05, 4.69) is 10.4 Å². The molecule has 1 saturated heterocycles. The second kappa shape index (κ2) is 5.82. The summed E-state index contributed by atoms with van der Waals surface area (Å²) in [5.74, 6) is 6.10. The average Bonchev–Trinajstić information content (AvgIpc) is 2.66. The Morgan fingerprint density at radius 3 is 3.00 bits per heavy atom. The molecule has 5 heteroatoms. The Morgan fingerprint density at radius 2 is 2.50 bits per heavy atom. The fourth-order valence-corrected chi connectivity index (χ4v) is 1.61. The van der Waals surface area contributed by atoms with Crippen LogP contribution in [-0.2, 0) is 4.74 Å². The Morgan fingerprint density at radius 1 is 1.71 bits per heavy atom. The number of aliphatic imine (C=N–C) groups is 1. The number of nitrogens with one attached hydrogen (secondary N) is 1. The number of hydrogen-bond acceptors (Lipinski definition) is 3. The monoisotopic (exact) mass is 200 g/mol. The Kier molecular flexibility index (Phi) is 4.69. The van der Waals surface area contributed by atoms with E-state index in [9.17, 15) is 0 Å². The molecule has 1 fully saturated rings. The molecule has 0 saturated carbocycles. The van der Waals surface area contributed by atoms with Gasteiger partial charge in [0.15, 0.2) is 0 Å². The van der Waals surface area contributed by atoms with Gasteiger partial charge >= 0.3 is 0 Å². The van der Waals surface area contributed by atoms with Gasteiger partial charge in [-0.3, -0.25) is 10.4 Å². The van der Waals surface area contributed by atoms with Gasteiger partial charge in [-0.05, 0) is 19.8 Å². The smallest absolute Gasteiger partial charge is 0.208 e. The standard InChI is InChI=1S/C9H20N4O/c1-3-11-9(12-10)13(2)7-8-5-4-6-14-8/h8H,3-7,10H2,1-2H3,(H,11,12). The number of ether oxygens (including phenoxy) is 1. The molecule has 1 aliphatic heterocycles. The second-order valence-corrected chi connectivity index (χ2v) is 3.46. The van der Waals surface area contributed by atoms with Crippen molar-refractivity contribution in [1.82, 2.24) is 10.3 Å². The largest absolute Gasteiger partial charge is 0.376 e. The minimum atomic E-state index is 0.329. The minimum absolute atomic E-state index is 0.329. The SMILES string of the molecule is CCN=C(NN)N(C)CC1CCCO1. The molecule has 1 heterocycles. The predicted octanol–water partition coefficient (Wildman–Crippen LogP) is -0.0636. The summed E-state index contributed by atoms with van der Waals surface area (Å²) in [5.41, 5.74) is 2.60. The number of nitrogens with two attached hydrogens (primary N) is 1. The van der Waals surface area contributed by atoms with Crippen molar-refractivity contribution < 1.29 is 4.74 Å². The molecule has 5 nitrogen and oxygen atoms in total. The van der Waals surface area contributed by atoms with Gasteiger partial charge in [0.05, 0.1) is 6.10 Å². The first-order valence-corrected chi connectivity index (χ1v) is 5.11. The highest BCUT2D eigenvalue weighted by Crippen LogP contribution is 2.12. The van der Waals surface area contributed by atoms with Crippen LogP contribution in [0.1, 0.15) is 19.8 Å². The van der Waals surface area contributed by atoms with Crippen molar-refractivity contribution in [2.45, 2.75) is 25.9 Å². The lowest BCUT2D eigenvalue weighted by Crippen LogP contribution is -2.45. The molecule has 3 N–H and O–H groups in total. The fourth-order valence-electron chi connectivity index (χ4n) is 1.61. The minimum Gasteiger partial charge on any atom is -0.376 e. The van der Waals surface area contributed by atoms with Gasteiger partial charge in [0.25, 0.3) is 0 Å². The van der Waals surface area contributed by atoms with Crippen molar-refractivity contribution in [3.05, 3.63) is 0 Å². The van der Waals surface area contributed by atoms with Crippen molar-refractivity contribution in [1.29, 1.82) is 0 Å². The van der Waals surface area contributed by atoms with E-state index in [1.165, 1.54) is 0 Å². The Hall–Kier alpha value is -0.810. The van der Waals surface area contributed by atoms with Crippen LogP contribution in [0.5, 0.6) is 0 Å². The molecule has 0 radical (unpaired) electrons. The first-order chi connectivity index (χ1) is 6.77. The van der Waals surface area contributed by atoms with Crippen LogP contribution in [-0.4, -0.2) is 43.7 Å². The van der Waals surface area contributed by atoms with Gasteiger partial charge in [-0.1, -0.05) is 0 Å². The number of hydrazine groups is 1. The van der Waals surface area contributed by atoms with Crippen molar-refractivity contribution in [3.8, 4) is 0 Å². The second-order valence-electron chi connectivity index (χ2n) is 3.46. The molecule has 0 bridgehead atoms. The molecule has 82 valence electrons. The highest BCUT2D eigenvalue weighted by molar-refractivity contribution is 5.79. The lowest BCUT2D eigenvalue weighted by molar-refractivity contribution is 0.0951. The molecule has 0 amide bonds. The molecule has 1 rings (SSSR count). The molecule has 0 aliphatic carbocycles. The highest BCUT2D eigenvalue weighted by Gasteiger charge is 2.18. The van der Waals surface area contributed by atoms with Crippen LogP contribution in [0, 0.1) is 0 Å². The van der Waals surface area contributed by atoms with E-state index in [1.807, 2.05) is 18.9 Å². The predicted molar refractivity (Wildman–Crippen MR) is 56.9 cm³/mol. The van der Waals surface area contributed by atoms with Crippen LogP contribution in [0.25, 0.3) is 0 Å². The van der Waals surface area contributed by atoms with Gasteiger partial charge in [-0.2, -0.15) is 0 Å². The van der Waals surface area contributed by atoms with Crippen LogP contribution in [0.4, 0.5) is 0 Å². The Labute approximate surface area is 85.3 Å². The van der Waals surface area contributed by atoms with Gasteiger partial charge in [0.1, 0.15) is 0 Å². The van der Waals surface area contributed by atoms with Crippen molar-refractivity contribution >= 4 is 5.96 Å². The summed E-state index contributed by atoms with van der Waals surface area (Å²) in [6, 6.07) is 0. The van der Waals surface area contributed by atoms with Crippen LogP contribution in [0.15, 0.2) is 4.99 Å². The summed E-state index contributed by atoms with van der Waals surface area (Å²) in [4.78, 5) is 6.24. The molecule has 0 aromatic heterocycles. The molecule has 0 aromatic rings. The van der Waals surface area contributed by atoms with Crippen LogP contribution < -0.4 is 11.3 Å². The van der Waals surface area contributed by atoms with E-state index in [1.54, 1.807) is 0 Å². The van der Waals surface area contributed by atoms with E-state index in [0.29, 0.717) is 6.10 Å². The van der Waals surface area contributed by atoms with Crippen LogP contribution in [0.2, 0.25) is 0 Å². The van der Waals surface area contributed by atoms with Gasteiger partial charge in [0.2, 0.25) is 5.96 Å². The lowest BCUT2D eigenvalue weighted by Gasteiger charge is -2.23. The maximum Gasteiger partial charge on any atom is 0.208 e. The van der Waals surface area contributed by atoms with Gasteiger partial charge in [0, 0.05) is 26.7 Å². The van der Waals surface area contributed by atoms with Gasteiger partial charge < -0.3 is 9.64 Å². The zero-order chi connectivity index (χ0) is 10.4. The molecular weight excluding hydrogens is 180 g/mol. The summed E-state index contributed by atoms with van der Waals surface area (Å²) >= 11 is 0. The molecule has 14 heavy (non-hydrogen) atoms. The zero-order valence-corrected chi connectivity index (χ0v) is 8.99. The summed E-state index contributed by atoms with van der Waals surface area (Å²) in [6.07, 6.45) is 2.62. The molecular formula is C9H20N4O. The molecule has 1 aliphatic rings. The third-order valence-corrected chi connectivity index (χ3v) is 2.30. The van der Waals surface area contributed by atoms with Crippen molar-refractivity contribution in [2.75, 3.05) is 26.7 Å². The first kappa shape index (κ1) is 11.3. The third kappa shape index (κ3) is 3.16. The average molecular weight is 200 g/mol. The Bertz CT molecular complexity index is 189. The maximum absolute atomic E-state index is 5.53. The number of likely N-dealkylation sites (N-methyl/N-ethyl adjacent to an activating group) is 1. The maximum atomic E-state index is 5.53. The number of rotatable bonds is 3. The summed E-state index contributed by atoms with van der Waals surface area (Å²) in [6.45, 7) is 4.45. The molecule has 0 spiro atoms. The molecule has 1 unspecified atom stereocenters. The lowest BCUT2D eigenvalue weighted by atomic mass is 10.2. The summed E-state index contributed by atoms with van der Waals surface area (Å²) in [7, 11) is 1.97. The molecule has 0 aromatic carbocycles. The van der Waals surface area contributed by atoms with Crippen molar-refractivity contribution in [3.63, 3.8) is 0 Å². The Balaban J connectivity index is 2.38. The summed E-state index contributed by atoms with van der Waals surface area (Å²) < 4.78 is 5.53. The number of hydrogen-bond donors (Lipinski definition) is 2. The first-order valence-electron chi connectivity index (χ1n) is 5.11. The summed E-state index contributed by atoms with van der Waals surface area (Å²) in [5, 5.41) is 0. The van der Waals surface area contributed by atoms with E-state index < -0.39 is 0 Å². The van der Waals surface area contributed by atoms with E-state index in [-0.39, 0.29) is 0 Å². The van der Waals surface area contributed by atoms with Gasteiger partial charge in [-0.25, -0.2) is 5.84 Å².